The summed E-state index contributed by atoms with van der Waals surface area (Å²) in [5.41, 5.74) is 4.23. The monoisotopic (exact) mass is 456 g/mol. The summed E-state index contributed by atoms with van der Waals surface area (Å²) in [6, 6.07) is 18.4. The highest BCUT2D eigenvalue weighted by atomic mass is 35.5. The number of halogens is 2. The summed E-state index contributed by atoms with van der Waals surface area (Å²) in [6.07, 6.45) is 1.46. The Bertz CT molecular complexity index is 1110. The van der Waals surface area contributed by atoms with E-state index in [2.05, 4.69) is 10.5 Å². The van der Waals surface area contributed by atoms with Crippen molar-refractivity contribution in [2.45, 2.75) is 6.92 Å². The van der Waals surface area contributed by atoms with Crippen LogP contribution < -0.4 is 14.9 Å². The molecule has 3 rings (SSSR count). The van der Waals surface area contributed by atoms with Crippen molar-refractivity contribution >= 4 is 41.3 Å². The van der Waals surface area contributed by atoms with E-state index in [-0.39, 0.29) is 12.2 Å². The Morgan fingerprint density at radius 3 is 2.39 bits per heavy atom. The van der Waals surface area contributed by atoms with Crippen molar-refractivity contribution in [2.24, 2.45) is 5.10 Å². The maximum absolute atomic E-state index is 12.2. The molecule has 0 aliphatic carbocycles. The van der Waals surface area contributed by atoms with Gasteiger partial charge in [0, 0.05) is 5.02 Å². The lowest BCUT2D eigenvalue weighted by Crippen LogP contribution is -2.24. The molecule has 31 heavy (non-hydrogen) atoms. The molecule has 0 aromatic heterocycles. The maximum Gasteiger partial charge on any atom is 0.345 e. The number of benzene rings is 3. The summed E-state index contributed by atoms with van der Waals surface area (Å²) in [6.45, 7) is 1.66. The van der Waals surface area contributed by atoms with Crippen LogP contribution in [0.4, 0.5) is 0 Å². The molecule has 0 radical (unpaired) electrons. The van der Waals surface area contributed by atoms with E-state index in [1.807, 2.05) is 6.92 Å². The van der Waals surface area contributed by atoms with Crippen LogP contribution >= 0.6 is 23.2 Å². The fourth-order valence-corrected chi connectivity index (χ4v) is 2.81. The number of nitrogens with one attached hydrogen (secondary N) is 1. The van der Waals surface area contributed by atoms with Gasteiger partial charge < -0.3 is 9.47 Å². The summed E-state index contributed by atoms with van der Waals surface area (Å²) in [4.78, 5) is 24.0. The molecule has 0 saturated heterocycles. The van der Waals surface area contributed by atoms with Gasteiger partial charge in [-0.05, 0) is 72.6 Å². The van der Waals surface area contributed by atoms with Crippen molar-refractivity contribution in [2.75, 3.05) is 6.61 Å². The van der Waals surface area contributed by atoms with Crippen molar-refractivity contribution in [1.29, 1.82) is 0 Å². The standard InChI is InChI=1S/C23H18Cl2N2O4/c1-15-12-18(10-11-20(15)24)30-14-22(28)27-26-13-16-6-8-17(9-7-16)31-23(29)19-4-2-3-5-21(19)25/h2-13H,14H2,1H3,(H,27,28)/b26-13+. The van der Waals surface area contributed by atoms with Crippen molar-refractivity contribution in [3.63, 3.8) is 0 Å². The van der Waals surface area contributed by atoms with E-state index in [1.165, 1.54) is 6.21 Å². The topological polar surface area (TPSA) is 77.0 Å². The lowest BCUT2D eigenvalue weighted by Gasteiger charge is -2.07. The van der Waals surface area contributed by atoms with E-state index in [9.17, 15) is 9.59 Å². The molecule has 158 valence electrons. The minimum atomic E-state index is -0.546. The molecular formula is C23H18Cl2N2O4. The fourth-order valence-electron chi connectivity index (χ4n) is 2.48. The lowest BCUT2D eigenvalue weighted by molar-refractivity contribution is -0.123. The first-order chi connectivity index (χ1) is 14.9. The summed E-state index contributed by atoms with van der Waals surface area (Å²) >= 11 is 12.0. The average molecular weight is 457 g/mol. The van der Waals surface area contributed by atoms with Gasteiger partial charge >= 0.3 is 5.97 Å². The summed E-state index contributed by atoms with van der Waals surface area (Å²) in [5, 5.41) is 4.84. The second-order valence-corrected chi connectivity index (χ2v) is 7.25. The highest BCUT2D eigenvalue weighted by Gasteiger charge is 2.12. The van der Waals surface area contributed by atoms with Gasteiger partial charge in [-0.2, -0.15) is 5.10 Å². The number of esters is 1. The largest absolute Gasteiger partial charge is 0.484 e. The van der Waals surface area contributed by atoms with E-state index < -0.39 is 11.9 Å². The number of carbonyl (C=O) groups is 2. The maximum atomic E-state index is 12.2. The molecule has 0 aliphatic rings. The van der Waals surface area contributed by atoms with Crippen LogP contribution in [-0.4, -0.2) is 24.7 Å². The molecule has 6 nitrogen and oxygen atoms in total. The Kier molecular flexibility index (Phi) is 7.65. The zero-order chi connectivity index (χ0) is 22.2. The van der Waals surface area contributed by atoms with Crippen molar-refractivity contribution in [3.05, 3.63) is 93.5 Å². The third-order valence-electron chi connectivity index (χ3n) is 4.09. The second-order valence-electron chi connectivity index (χ2n) is 6.43. The van der Waals surface area contributed by atoms with E-state index in [0.717, 1.165) is 5.56 Å². The van der Waals surface area contributed by atoms with Crippen molar-refractivity contribution in [3.8, 4) is 11.5 Å². The molecule has 1 amide bonds. The first-order valence-electron chi connectivity index (χ1n) is 9.20. The van der Waals surface area contributed by atoms with Gasteiger partial charge in [-0.1, -0.05) is 35.3 Å². The van der Waals surface area contributed by atoms with Crippen LogP contribution in [0.1, 0.15) is 21.5 Å². The molecule has 0 bridgehead atoms. The highest BCUT2D eigenvalue weighted by Crippen LogP contribution is 2.21. The third kappa shape index (κ3) is 6.57. The predicted octanol–water partition coefficient (Wildman–Crippen LogP) is 5.05. The number of aryl methyl sites for hydroxylation is 1. The Balaban J connectivity index is 1.47. The molecule has 3 aromatic rings. The molecule has 8 heteroatoms. The fraction of sp³-hybridized carbons (Fsp3) is 0.0870. The van der Waals surface area contributed by atoms with Crippen LogP contribution in [0.25, 0.3) is 0 Å². The van der Waals surface area contributed by atoms with E-state index in [4.69, 9.17) is 32.7 Å². The number of carbonyl (C=O) groups excluding carboxylic acids is 2. The number of hydrogen-bond acceptors (Lipinski definition) is 5. The quantitative estimate of drug-likeness (QED) is 0.233. The highest BCUT2D eigenvalue weighted by molar-refractivity contribution is 6.33. The SMILES string of the molecule is Cc1cc(OCC(=O)N/N=C/c2ccc(OC(=O)c3ccccc3Cl)cc2)ccc1Cl. The Hall–Kier alpha value is -3.35. The number of nitrogens with zero attached hydrogens (tertiary/aromatic N) is 1. The number of hydrazone groups is 1. The minimum Gasteiger partial charge on any atom is -0.484 e. The zero-order valence-electron chi connectivity index (χ0n) is 16.5. The summed E-state index contributed by atoms with van der Waals surface area (Å²) < 4.78 is 10.7. The molecule has 0 saturated carbocycles. The number of hydrogen-bond donors (Lipinski definition) is 1. The van der Waals surface area contributed by atoms with Gasteiger partial charge in [-0.3, -0.25) is 4.79 Å². The second kappa shape index (κ2) is 10.6. The van der Waals surface area contributed by atoms with Gasteiger partial charge in [0.1, 0.15) is 11.5 Å². The Labute approximate surface area is 189 Å². The van der Waals surface area contributed by atoms with Gasteiger partial charge in [0.25, 0.3) is 5.91 Å². The molecule has 0 unspecified atom stereocenters. The van der Waals surface area contributed by atoms with Crippen molar-refractivity contribution < 1.29 is 19.1 Å². The Morgan fingerprint density at radius 1 is 0.968 bits per heavy atom. The van der Waals surface area contributed by atoms with Crippen LogP contribution in [-0.2, 0) is 4.79 Å². The van der Waals surface area contributed by atoms with Crippen LogP contribution in [0.5, 0.6) is 11.5 Å². The lowest BCUT2D eigenvalue weighted by atomic mass is 10.2. The molecule has 0 fully saturated rings. The van der Waals surface area contributed by atoms with Gasteiger partial charge in [-0.25, -0.2) is 10.2 Å². The molecule has 3 aromatic carbocycles. The van der Waals surface area contributed by atoms with Gasteiger partial charge in [0.2, 0.25) is 0 Å². The van der Waals surface area contributed by atoms with E-state index in [0.29, 0.717) is 27.1 Å². The molecule has 1 N–H and O–H groups in total. The van der Waals surface area contributed by atoms with Crippen LogP contribution in [0, 0.1) is 6.92 Å². The predicted molar refractivity (Wildman–Crippen MR) is 120 cm³/mol. The number of amides is 1. The summed E-state index contributed by atoms with van der Waals surface area (Å²) in [5.74, 6) is -0.0509. The number of rotatable bonds is 7. The van der Waals surface area contributed by atoms with E-state index >= 15 is 0 Å². The Morgan fingerprint density at radius 2 is 1.68 bits per heavy atom. The first-order valence-corrected chi connectivity index (χ1v) is 9.95. The zero-order valence-corrected chi connectivity index (χ0v) is 18.0. The van der Waals surface area contributed by atoms with E-state index in [1.54, 1.807) is 66.7 Å². The molecule has 0 atom stereocenters. The van der Waals surface area contributed by atoms with Crippen LogP contribution in [0.2, 0.25) is 10.0 Å². The van der Waals surface area contributed by atoms with Crippen LogP contribution in [0.3, 0.4) is 0 Å². The first kappa shape index (κ1) is 22.3. The molecule has 0 aliphatic heterocycles. The normalized spacial score (nSPS) is 10.7. The number of ether oxygens (including phenoxy) is 2. The van der Waals surface area contributed by atoms with Crippen LogP contribution in [0.15, 0.2) is 71.8 Å². The van der Waals surface area contributed by atoms with Crippen molar-refractivity contribution in [1.82, 2.24) is 5.43 Å². The summed E-state index contributed by atoms with van der Waals surface area (Å²) in [7, 11) is 0. The molecular weight excluding hydrogens is 439 g/mol. The minimum absolute atomic E-state index is 0.185. The molecule has 0 spiro atoms. The molecule has 0 heterocycles. The van der Waals surface area contributed by atoms with Gasteiger partial charge in [-0.15, -0.1) is 0 Å². The van der Waals surface area contributed by atoms with Gasteiger partial charge in [0.05, 0.1) is 16.8 Å². The van der Waals surface area contributed by atoms with Gasteiger partial charge in [0.15, 0.2) is 6.61 Å². The average Bonchev–Trinajstić information content (AvgIpc) is 2.76. The third-order valence-corrected chi connectivity index (χ3v) is 4.84. The smallest absolute Gasteiger partial charge is 0.345 e.